The van der Waals surface area contributed by atoms with Crippen LogP contribution in [0.15, 0.2) is 54.6 Å². The van der Waals surface area contributed by atoms with Gasteiger partial charge in [0.15, 0.2) is 5.82 Å². The molecular formula is C27H33N5. The van der Waals surface area contributed by atoms with E-state index in [-0.39, 0.29) is 0 Å². The van der Waals surface area contributed by atoms with E-state index in [0.29, 0.717) is 6.04 Å². The lowest BCUT2D eigenvalue weighted by Crippen LogP contribution is -2.18. The van der Waals surface area contributed by atoms with E-state index < -0.39 is 0 Å². The average molecular weight is 428 g/mol. The molecule has 2 aromatic heterocycles. The fourth-order valence-corrected chi connectivity index (χ4v) is 5.31. The molecule has 5 nitrogen and oxygen atoms in total. The molecule has 0 N–H and O–H groups in total. The molecule has 166 valence electrons. The van der Waals surface area contributed by atoms with E-state index in [2.05, 4.69) is 81.6 Å². The summed E-state index contributed by atoms with van der Waals surface area (Å²) < 4.78 is 4.65. The highest BCUT2D eigenvalue weighted by molar-refractivity contribution is 5.97. The Morgan fingerprint density at radius 3 is 2.41 bits per heavy atom. The summed E-state index contributed by atoms with van der Waals surface area (Å²) in [6, 6.07) is 20.0. The van der Waals surface area contributed by atoms with E-state index in [1.165, 1.54) is 72.7 Å². The molecule has 0 unspecified atom stereocenters. The number of fused-ring (bicyclic) bond motifs is 1. The van der Waals surface area contributed by atoms with Gasteiger partial charge in [-0.15, -0.1) is 5.10 Å². The molecule has 2 aromatic carbocycles. The van der Waals surface area contributed by atoms with Gasteiger partial charge in [-0.25, -0.2) is 4.68 Å². The van der Waals surface area contributed by atoms with Crippen molar-refractivity contribution in [3.05, 3.63) is 65.9 Å². The van der Waals surface area contributed by atoms with Crippen LogP contribution in [-0.2, 0) is 19.4 Å². The van der Waals surface area contributed by atoms with Crippen LogP contribution in [0.5, 0.6) is 0 Å². The molecule has 0 spiro atoms. The molecular weight excluding hydrogens is 394 g/mol. The van der Waals surface area contributed by atoms with Crippen molar-refractivity contribution in [3.8, 4) is 11.5 Å². The first-order valence-corrected chi connectivity index (χ1v) is 12.3. The summed E-state index contributed by atoms with van der Waals surface area (Å²) in [5.74, 6) is 0.908. The molecule has 1 aliphatic carbocycles. The SMILES string of the molecule is CCCCc1c2ccccc2c(-c2nnnn2CCc2ccccc2)n1C1CCCCC1. The van der Waals surface area contributed by atoms with Gasteiger partial charge in [-0.3, -0.25) is 0 Å². The van der Waals surface area contributed by atoms with Gasteiger partial charge >= 0.3 is 0 Å². The van der Waals surface area contributed by atoms with Crippen molar-refractivity contribution in [2.45, 2.75) is 77.3 Å². The lowest BCUT2D eigenvalue weighted by atomic mass is 9.94. The minimum Gasteiger partial charge on any atom is -0.338 e. The summed E-state index contributed by atoms with van der Waals surface area (Å²) in [5, 5.41) is 15.8. The van der Waals surface area contributed by atoms with Crippen LogP contribution >= 0.6 is 0 Å². The third-order valence-corrected chi connectivity index (χ3v) is 6.93. The summed E-state index contributed by atoms with van der Waals surface area (Å²) in [6.45, 7) is 3.06. The summed E-state index contributed by atoms with van der Waals surface area (Å²) >= 11 is 0. The van der Waals surface area contributed by atoms with Gasteiger partial charge < -0.3 is 4.57 Å². The van der Waals surface area contributed by atoms with Crippen molar-refractivity contribution in [1.29, 1.82) is 0 Å². The predicted octanol–water partition coefficient (Wildman–Crippen LogP) is 6.39. The summed E-state index contributed by atoms with van der Waals surface area (Å²) in [4.78, 5) is 0. The number of benzene rings is 2. The minimum absolute atomic E-state index is 0.539. The van der Waals surface area contributed by atoms with Gasteiger partial charge in [-0.2, -0.15) is 0 Å². The Morgan fingerprint density at radius 2 is 1.62 bits per heavy atom. The molecule has 5 heteroatoms. The molecule has 0 amide bonds. The maximum absolute atomic E-state index is 4.58. The molecule has 2 heterocycles. The van der Waals surface area contributed by atoms with Gasteiger partial charge in [0.25, 0.3) is 0 Å². The second kappa shape index (κ2) is 9.68. The maximum Gasteiger partial charge on any atom is 0.199 e. The average Bonchev–Trinajstić information content (AvgIpc) is 3.44. The smallest absolute Gasteiger partial charge is 0.199 e. The van der Waals surface area contributed by atoms with Crippen LogP contribution in [0.2, 0.25) is 0 Å². The Bertz CT molecular complexity index is 1150. The van der Waals surface area contributed by atoms with Crippen LogP contribution in [0.1, 0.15) is 69.2 Å². The number of hydrogen-bond donors (Lipinski definition) is 0. The van der Waals surface area contributed by atoms with Crippen molar-refractivity contribution in [2.24, 2.45) is 0 Å². The standard InChI is InChI=1S/C27H33N5/c1-2-3-18-25-23-16-10-11-17-24(23)26(32(25)22-14-8-5-9-15-22)27-28-29-30-31(27)20-19-21-12-6-4-7-13-21/h4,6-7,10-13,16-17,22H,2-3,5,8-9,14-15,18-20H2,1H3. The fourth-order valence-electron chi connectivity index (χ4n) is 5.31. The highest BCUT2D eigenvalue weighted by Gasteiger charge is 2.27. The Balaban J connectivity index is 1.61. The Hall–Kier alpha value is -2.95. The van der Waals surface area contributed by atoms with Gasteiger partial charge in [0.2, 0.25) is 0 Å². The third kappa shape index (κ3) is 4.08. The first-order chi connectivity index (χ1) is 15.9. The van der Waals surface area contributed by atoms with Gasteiger partial charge in [-0.1, -0.05) is 87.2 Å². The first kappa shape index (κ1) is 20.9. The molecule has 0 aliphatic heterocycles. The summed E-state index contributed by atoms with van der Waals surface area (Å²) in [5.41, 5.74) is 4.00. The van der Waals surface area contributed by atoms with Crippen LogP contribution in [0.25, 0.3) is 22.3 Å². The number of hydrogen-bond acceptors (Lipinski definition) is 3. The number of nitrogens with zero attached hydrogens (tertiary/aromatic N) is 5. The third-order valence-electron chi connectivity index (χ3n) is 6.93. The number of unbranched alkanes of at least 4 members (excludes halogenated alkanes) is 1. The maximum atomic E-state index is 4.58. The zero-order valence-electron chi connectivity index (χ0n) is 19.1. The zero-order chi connectivity index (χ0) is 21.8. The van der Waals surface area contributed by atoms with E-state index in [1.807, 2.05) is 4.68 Å². The van der Waals surface area contributed by atoms with E-state index >= 15 is 0 Å². The Morgan fingerprint density at radius 1 is 0.875 bits per heavy atom. The molecule has 5 rings (SSSR count). The van der Waals surface area contributed by atoms with Crippen molar-refractivity contribution in [3.63, 3.8) is 0 Å². The zero-order valence-corrected chi connectivity index (χ0v) is 19.1. The quantitative estimate of drug-likeness (QED) is 0.327. The molecule has 32 heavy (non-hydrogen) atoms. The van der Waals surface area contributed by atoms with Crippen molar-refractivity contribution >= 4 is 10.8 Å². The largest absolute Gasteiger partial charge is 0.338 e. The van der Waals surface area contributed by atoms with Crippen LogP contribution in [-0.4, -0.2) is 24.8 Å². The van der Waals surface area contributed by atoms with E-state index in [9.17, 15) is 0 Å². The second-order valence-electron chi connectivity index (χ2n) is 9.07. The van der Waals surface area contributed by atoms with Crippen LogP contribution in [0.3, 0.4) is 0 Å². The summed E-state index contributed by atoms with van der Waals surface area (Å²) in [6.07, 6.45) is 10.9. The molecule has 0 saturated heterocycles. The van der Waals surface area contributed by atoms with Gasteiger partial charge in [-0.05, 0) is 48.1 Å². The van der Waals surface area contributed by atoms with Gasteiger partial charge in [0.1, 0.15) is 0 Å². The molecule has 0 radical (unpaired) electrons. The first-order valence-electron chi connectivity index (χ1n) is 12.3. The molecule has 0 bridgehead atoms. The summed E-state index contributed by atoms with van der Waals surface area (Å²) in [7, 11) is 0. The van der Waals surface area contributed by atoms with E-state index in [1.54, 1.807) is 0 Å². The molecule has 1 aliphatic rings. The molecule has 0 atom stereocenters. The Kier molecular flexibility index (Phi) is 6.33. The highest BCUT2D eigenvalue weighted by atomic mass is 15.5. The number of rotatable bonds is 8. The van der Waals surface area contributed by atoms with Gasteiger partial charge in [0, 0.05) is 29.1 Å². The van der Waals surface area contributed by atoms with Crippen LogP contribution in [0, 0.1) is 0 Å². The predicted molar refractivity (Wildman–Crippen MR) is 130 cm³/mol. The van der Waals surface area contributed by atoms with E-state index in [0.717, 1.165) is 25.2 Å². The minimum atomic E-state index is 0.539. The van der Waals surface area contributed by atoms with Crippen LogP contribution in [0.4, 0.5) is 0 Å². The van der Waals surface area contributed by atoms with E-state index in [4.69, 9.17) is 0 Å². The normalized spacial score (nSPS) is 14.9. The van der Waals surface area contributed by atoms with Gasteiger partial charge in [0.05, 0.1) is 5.69 Å². The number of aromatic nitrogens is 5. The number of aryl methyl sites for hydroxylation is 3. The van der Waals surface area contributed by atoms with Crippen molar-refractivity contribution in [2.75, 3.05) is 0 Å². The molecule has 4 aromatic rings. The highest BCUT2D eigenvalue weighted by Crippen LogP contribution is 2.40. The molecule has 1 saturated carbocycles. The Labute approximate surface area is 190 Å². The monoisotopic (exact) mass is 427 g/mol. The number of tetrazole rings is 1. The lowest BCUT2D eigenvalue weighted by molar-refractivity contribution is 0.349. The molecule has 1 fully saturated rings. The topological polar surface area (TPSA) is 48.5 Å². The van der Waals surface area contributed by atoms with Crippen molar-refractivity contribution in [1.82, 2.24) is 24.8 Å². The lowest BCUT2D eigenvalue weighted by Gasteiger charge is -2.27. The second-order valence-corrected chi connectivity index (χ2v) is 9.07. The van der Waals surface area contributed by atoms with Crippen molar-refractivity contribution < 1.29 is 0 Å². The fraction of sp³-hybridized carbons (Fsp3) is 0.444. The van der Waals surface area contributed by atoms with Crippen LogP contribution < -0.4 is 0 Å².